The van der Waals surface area contributed by atoms with Crippen LogP contribution in [0, 0.1) is 6.92 Å². The molecule has 1 aliphatic heterocycles. The van der Waals surface area contributed by atoms with Crippen LogP contribution >= 0.6 is 0 Å². The maximum atomic E-state index is 4.88. The molecule has 2 heteroatoms. The summed E-state index contributed by atoms with van der Waals surface area (Å²) >= 11 is 0. The first kappa shape index (κ1) is 15.9. The van der Waals surface area contributed by atoms with Gasteiger partial charge in [0, 0.05) is 27.6 Å². The second-order valence-corrected chi connectivity index (χ2v) is 7.39. The van der Waals surface area contributed by atoms with E-state index in [2.05, 4.69) is 87.3 Å². The molecule has 0 aliphatic carbocycles. The monoisotopic (exact) mass is 328 g/mol. The third kappa shape index (κ3) is 2.53. The van der Waals surface area contributed by atoms with Crippen molar-refractivity contribution in [2.45, 2.75) is 39.5 Å². The van der Waals surface area contributed by atoms with Crippen LogP contribution in [0.2, 0.25) is 0 Å². The number of aromatic nitrogens is 1. The number of nitrogens with zero attached hydrogens (tertiary/aromatic N) is 1. The summed E-state index contributed by atoms with van der Waals surface area (Å²) in [4.78, 5) is 8.44. The summed E-state index contributed by atoms with van der Waals surface area (Å²) < 4.78 is 0. The van der Waals surface area contributed by atoms with Gasteiger partial charge in [-0.2, -0.15) is 0 Å². The van der Waals surface area contributed by atoms with E-state index in [1.807, 2.05) is 0 Å². The summed E-state index contributed by atoms with van der Waals surface area (Å²) in [6.45, 7) is 8.85. The van der Waals surface area contributed by atoms with E-state index >= 15 is 0 Å². The number of aliphatic imine (C=N–C) groups is 1. The molecule has 0 bridgehead atoms. The van der Waals surface area contributed by atoms with Gasteiger partial charge in [0.05, 0.1) is 11.4 Å². The van der Waals surface area contributed by atoms with Crippen LogP contribution in [0.25, 0.3) is 17.0 Å². The van der Waals surface area contributed by atoms with Crippen molar-refractivity contribution in [2.75, 3.05) is 0 Å². The molecule has 126 valence electrons. The first-order valence-electron chi connectivity index (χ1n) is 8.98. The first-order chi connectivity index (χ1) is 12.0. The lowest BCUT2D eigenvalue weighted by molar-refractivity contribution is 0.740. The number of allylic oxidation sites excluding steroid dienone is 1. The predicted molar refractivity (Wildman–Crippen MR) is 108 cm³/mol. The number of hydrogen-bond donors (Lipinski definition) is 1. The highest BCUT2D eigenvalue weighted by molar-refractivity contribution is 6.11. The smallest absolute Gasteiger partial charge is 0.0674 e. The first-order valence-corrected chi connectivity index (χ1v) is 8.98. The summed E-state index contributed by atoms with van der Waals surface area (Å²) in [6, 6.07) is 15.0. The second-order valence-electron chi connectivity index (χ2n) is 7.39. The fraction of sp³-hybridized carbons (Fsp3) is 0.261. The minimum absolute atomic E-state index is 0.0541. The zero-order chi connectivity index (χ0) is 17.6. The molecule has 0 spiro atoms. The van der Waals surface area contributed by atoms with Gasteiger partial charge in [-0.05, 0) is 43.2 Å². The Bertz CT molecular complexity index is 1020. The number of nitrogens with one attached hydrogen (secondary N) is 1. The molecule has 1 aromatic heterocycles. The topological polar surface area (TPSA) is 28.1 Å². The van der Waals surface area contributed by atoms with Crippen LogP contribution < -0.4 is 0 Å². The molecule has 0 saturated carbocycles. The van der Waals surface area contributed by atoms with Gasteiger partial charge in [0.15, 0.2) is 0 Å². The van der Waals surface area contributed by atoms with Crippen LogP contribution in [0.15, 0.2) is 53.5 Å². The average molecular weight is 328 g/mol. The Morgan fingerprint density at radius 2 is 1.88 bits per heavy atom. The summed E-state index contributed by atoms with van der Waals surface area (Å²) in [5.74, 6) is 0. The predicted octanol–water partition coefficient (Wildman–Crippen LogP) is 6.12. The van der Waals surface area contributed by atoms with Gasteiger partial charge >= 0.3 is 0 Å². The SMILES string of the molecule is CCc1[nH]c2ccc(C)cc2c1C=CC1=Nc2ccccc2C1(C)C. The Labute approximate surface area is 149 Å². The number of aryl methyl sites for hydroxylation is 2. The van der Waals surface area contributed by atoms with Crippen molar-refractivity contribution in [3.8, 4) is 0 Å². The molecule has 0 radical (unpaired) electrons. The van der Waals surface area contributed by atoms with E-state index in [1.165, 1.54) is 33.3 Å². The van der Waals surface area contributed by atoms with Gasteiger partial charge in [0.1, 0.15) is 0 Å². The zero-order valence-corrected chi connectivity index (χ0v) is 15.4. The minimum Gasteiger partial charge on any atom is -0.358 e. The molecular weight excluding hydrogens is 304 g/mol. The van der Waals surface area contributed by atoms with Crippen molar-refractivity contribution in [1.82, 2.24) is 4.98 Å². The molecule has 0 fully saturated rings. The van der Waals surface area contributed by atoms with E-state index in [0.29, 0.717) is 0 Å². The van der Waals surface area contributed by atoms with Crippen molar-refractivity contribution in [1.29, 1.82) is 0 Å². The number of aromatic amines is 1. The quantitative estimate of drug-likeness (QED) is 0.600. The molecule has 1 N–H and O–H groups in total. The lowest BCUT2D eigenvalue weighted by Crippen LogP contribution is -2.23. The largest absolute Gasteiger partial charge is 0.358 e. The molecule has 0 amide bonds. The van der Waals surface area contributed by atoms with E-state index in [-0.39, 0.29) is 5.41 Å². The van der Waals surface area contributed by atoms with Crippen LogP contribution in [0.4, 0.5) is 5.69 Å². The summed E-state index contributed by atoms with van der Waals surface area (Å²) in [7, 11) is 0. The van der Waals surface area contributed by atoms with Crippen LogP contribution in [0.3, 0.4) is 0 Å². The van der Waals surface area contributed by atoms with Crippen LogP contribution in [0.1, 0.15) is 43.2 Å². The molecule has 0 unspecified atom stereocenters. The van der Waals surface area contributed by atoms with E-state index in [0.717, 1.165) is 17.8 Å². The maximum absolute atomic E-state index is 4.88. The summed E-state index contributed by atoms with van der Waals surface area (Å²) in [5.41, 5.74) is 8.53. The van der Waals surface area contributed by atoms with Crippen LogP contribution in [-0.2, 0) is 11.8 Å². The normalized spacial score (nSPS) is 15.8. The molecule has 3 aromatic rings. The van der Waals surface area contributed by atoms with Crippen molar-refractivity contribution in [3.05, 3.63) is 70.9 Å². The molecule has 0 atom stereocenters. The Morgan fingerprint density at radius 1 is 1.08 bits per heavy atom. The molecule has 4 rings (SSSR count). The van der Waals surface area contributed by atoms with Crippen molar-refractivity contribution >= 4 is 28.4 Å². The highest BCUT2D eigenvalue weighted by Crippen LogP contribution is 2.40. The zero-order valence-electron chi connectivity index (χ0n) is 15.4. The Hall–Kier alpha value is -2.61. The Kier molecular flexibility index (Phi) is 3.64. The van der Waals surface area contributed by atoms with Gasteiger partial charge in [-0.3, -0.25) is 4.99 Å². The molecule has 2 aromatic carbocycles. The Morgan fingerprint density at radius 3 is 2.64 bits per heavy atom. The van der Waals surface area contributed by atoms with Gasteiger partial charge in [-0.25, -0.2) is 0 Å². The van der Waals surface area contributed by atoms with Crippen LogP contribution in [-0.4, -0.2) is 10.7 Å². The third-order valence-corrected chi connectivity index (χ3v) is 5.30. The van der Waals surface area contributed by atoms with Crippen molar-refractivity contribution in [2.24, 2.45) is 4.99 Å². The number of rotatable bonds is 3. The fourth-order valence-electron chi connectivity index (χ4n) is 3.77. The van der Waals surface area contributed by atoms with E-state index in [9.17, 15) is 0 Å². The molecule has 2 nitrogen and oxygen atoms in total. The van der Waals surface area contributed by atoms with Crippen molar-refractivity contribution in [3.63, 3.8) is 0 Å². The second kappa shape index (κ2) is 5.73. The summed E-state index contributed by atoms with van der Waals surface area (Å²) in [5, 5.41) is 1.29. The lowest BCUT2D eigenvalue weighted by Gasteiger charge is -2.20. The van der Waals surface area contributed by atoms with Gasteiger partial charge in [-0.15, -0.1) is 0 Å². The lowest BCUT2D eigenvalue weighted by atomic mass is 9.81. The van der Waals surface area contributed by atoms with Gasteiger partial charge < -0.3 is 4.98 Å². The Balaban J connectivity index is 1.79. The molecular formula is C23H24N2. The third-order valence-electron chi connectivity index (χ3n) is 5.30. The number of benzene rings is 2. The van der Waals surface area contributed by atoms with Gasteiger partial charge in [-0.1, -0.05) is 56.7 Å². The molecule has 2 heterocycles. The number of hydrogen-bond acceptors (Lipinski definition) is 1. The summed E-state index contributed by atoms with van der Waals surface area (Å²) in [6.07, 6.45) is 5.43. The number of H-pyrrole nitrogens is 1. The van der Waals surface area contributed by atoms with Crippen molar-refractivity contribution < 1.29 is 0 Å². The highest BCUT2D eigenvalue weighted by atomic mass is 14.8. The van der Waals surface area contributed by atoms with E-state index < -0.39 is 0 Å². The van der Waals surface area contributed by atoms with Crippen LogP contribution in [0.5, 0.6) is 0 Å². The van der Waals surface area contributed by atoms with Gasteiger partial charge in [0.25, 0.3) is 0 Å². The van der Waals surface area contributed by atoms with E-state index in [1.54, 1.807) is 0 Å². The number of fused-ring (bicyclic) bond motifs is 2. The maximum Gasteiger partial charge on any atom is 0.0674 e. The molecule has 25 heavy (non-hydrogen) atoms. The van der Waals surface area contributed by atoms with E-state index in [4.69, 9.17) is 4.99 Å². The standard InChI is InChI=1S/C23H24N2/c1-5-19-16(17-14-15(2)10-12-20(17)24-19)11-13-22-23(3,4)18-8-6-7-9-21(18)25-22/h6-14,24H,5H2,1-4H3. The average Bonchev–Trinajstić information content (AvgIpc) is 3.07. The van der Waals surface area contributed by atoms with Gasteiger partial charge in [0.2, 0.25) is 0 Å². The minimum atomic E-state index is -0.0541. The fourth-order valence-corrected chi connectivity index (χ4v) is 3.77. The number of para-hydroxylation sites is 1. The molecule has 1 aliphatic rings. The molecule has 0 saturated heterocycles. The highest BCUT2D eigenvalue weighted by Gasteiger charge is 2.32.